The molecule has 0 bridgehead atoms. The van der Waals surface area contributed by atoms with E-state index in [2.05, 4.69) is 51.2 Å². The van der Waals surface area contributed by atoms with E-state index in [9.17, 15) is 0 Å². The van der Waals surface area contributed by atoms with Crippen LogP contribution < -0.4 is 5.32 Å². The van der Waals surface area contributed by atoms with Gasteiger partial charge < -0.3 is 9.73 Å². The first-order valence-corrected chi connectivity index (χ1v) is 6.89. The van der Waals surface area contributed by atoms with Gasteiger partial charge in [0.2, 0.25) is 0 Å². The lowest BCUT2D eigenvalue weighted by molar-refractivity contribution is 0.525. The van der Waals surface area contributed by atoms with E-state index in [-0.39, 0.29) is 6.04 Å². The molecule has 1 heterocycles. The van der Waals surface area contributed by atoms with Crippen LogP contribution in [0.4, 0.5) is 0 Å². The van der Waals surface area contributed by atoms with Crippen LogP contribution in [0.15, 0.2) is 28.9 Å². The van der Waals surface area contributed by atoms with Crippen molar-refractivity contribution in [3.8, 4) is 0 Å². The van der Waals surface area contributed by atoms with Gasteiger partial charge in [0.15, 0.2) is 0 Å². The van der Waals surface area contributed by atoms with Crippen molar-refractivity contribution in [2.45, 2.75) is 40.7 Å². The van der Waals surface area contributed by atoms with Gasteiger partial charge in [-0.2, -0.15) is 0 Å². The molecule has 2 nitrogen and oxygen atoms in total. The van der Waals surface area contributed by atoms with Gasteiger partial charge in [0.05, 0.1) is 12.3 Å². The number of aryl methyl sites for hydroxylation is 4. The lowest BCUT2D eigenvalue weighted by atomic mass is 9.91. The van der Waals surface area contributed by atoms with Gasteiger partial charge in [-0.3, -0.25) is 0 Å². The van der Waals surface area contributed by atoms with E-state index in [0.29, 0.717) is 0 Å². The maximum absolute atomic E-state index is 5.48. The van der Waals surface area contributed by atoms with Crippen molar-refractivity contribution in [3.05, 3.63) is 58.0 Å². The predicted molar refractivity (Wildman–Crippen MR) is 79.6 cm³/mol. The average molecular weight is 257 g/mol. The van der Waals surface area contributed by atoms with Crippen LogP contribution in [0.25, 0.3) is 0 Å². The number of furan rings is 1. The van der Waals surface area contributed by atoms with Crippen molar-refractivity contribution in [1.82, 2.24) is 5.32 Å². The molecule has 1 unspecified atom stereocenters. The molecular weight excluding hydrogens is 234 g/mol. The van der Waals surface area contributed by atoms with Gasteiger partial charge in [-0.1, -0.05) is 24.6 Å². The monoisotopic (exact) mass is 257 g/mol. The highest BCUT2D eigenvalue weighted by molar-refractivity contribution is 5.43. The van der Waals surface area contributed by atoms with Gasteiger partial charge >= 0.3 is 0 Å². The zero-order valence-electron chi connectivity index (χ0n) is 12.5. The van der Waals surface area contributed by atoms with Crippen LogP contribution in [-0.4, -0.2) is 6.54 Å². The molecule has 0 saturated carbocycles. The summed E-state index contributed by atoms with van der Waals surface area (Å²) in [6.45, 7) is 11.6. The first kappa shape index (κ1) is 13.9. The van der Waals surface area contributed by atoms with Crippen molar-refractivity contribution in [2.75, 3.05) is 6.54 Å². The third kappa shape index (κ3) is 2.90. The summed E-state index contributed by atoms with van der Waals surface area (Å²) in [5, 5.41) is 3.57. The summed E-state index contributed by atoms with van der Waals surface area (Å²) in [5.41, 5.74) is 6.56. The van der Waals surface area contributed by atoms with E-state index in [1.54, 1.807) is 0 Å². The third-order valence-electron chi connectivity index (χ3n) is 3.52. The highest BCUT2D eigenvalue weighted by Gasteiger charge is 2.19. The zero-order valence-corrected chi connectivity index (χ0v) is 12.5. The Labute approximate surface area is 115 Å². The minimum atomic E-state index is 0.211. The molecule has 2 aromatic rings. The number of benzene rings is 1. The summed E-state index contributed by atoms with van der Waals surface area (Å²) < 4.78 is 5.48. The fourth-order valence-electron chi connectivity index (χ4n) is 2.85. The lowest BCUT2D eigenvalue weighted by Crippen LogP contribution is -2.23. The number of hydrogen-bond donors (Lipinski definition) is 1. The second kappa shape index (κ2) is 5.62. The van der Waals surface area contributed by atoms with Crippen LogP contribution in [0.5, 0.6) is 0 Å². The molecule has 0 saturated heterocycles. The van der Waals surface area contributed by atoms with Crippen LogP contribution in [0.3, 0.4) is 0 Å². The van der Waals surface area contributed by atoms with Crippen LogP contribution in [0.2, 0.25) is 0 Å². The Bertz CT molecular complexity index is 545. The Morgan fingerprint density at radius 2 is 1.68 bits per heavy atom. The molecule has 0 spiro atoms. The van der Waals surface area contributed by atoms with E-state index in [1.807, 2.05) is 13.2 Å². The van der Waals surface area contributed by atoms with Gasteiger partial charge in [-0.25, -0.2) is 0 Å². The second-order valence-electron chi connectivity index (χ2n) is 5.29. The van der Waals surface area contributed by atoms with E-state index >= 15 is 0 Å². The molecular formula is C17H23NO. The van der Waals surface area contributed by atoms with Crippen LogP contribution in [0, 0.1) is 27.7 Å². The summed E-state index contributed by atoms with van der Waals surface area (Å²) >= 11 is 0. The van der Waals surface area contributed by atoms with Crippen molar-refractivity contribution in [2.24, 2.45) is 0 Å². The summed E-state index contributed by atoms with van der Waals surface area (Å²) in [6.07, 6.45) is 1.86. The first-order chi connectivity index (χ1) is 9.02. The number of hydrogen-bond acceptors (Lipinski definition) is 2. The second-order valence-corrected chi connectivity index (χ2v) is 5.29. The van der Waals surface area contributed by atoms with Crippen LogP contribution >= 0.6 is 0 Å². The normalized spacial score (nSPS) is 12.7. The van der Waals surface area contributed by atoms with Crippen molar-refractivity contribution >= 4 is 0 Å². The smallest absolute Gasteiger partial charge is 0.101 e. The minimum Gasteiger partial charge on any atom is -0.469 e. The molecule has 0 aliphatic carbocycles. The third-order valence-corrected chi connectivity index (χ3v) is 3.52. The predicted octanol–water partition coefficient (Wildman–Crippen LogP) is 4.21. The fraction of sp³-hybridized carbons (Fsp3) is 0.412. The molecule has 2 rings (SSSR count). The Morgan fingerprint density at radius 3 is 2.16 bits per heavy atom. The molecule has 1 aromatic heterocycles. The molecule has 1 atom stereocenters. The van der Waals surface area contributed by atoms with Crippen LogP contribution in [0.1, 0.15) is 46.5 Å². The molecule has 0 radical (unpaired) electrons. The van der Waals surface area contributed by atoms with Crippen molar-refractivity contribution < 1.29 is 4.42 Å². The van der Waals surface area contributed by atoms with E-state index in [4.69, 9.17) is 4.42 Å². The van der Waals surface area contributed by atoms with Crippen molar-refractivity contribution in [3.63, 3.8) is 0 Å². The maximum Gasteiger partial charge on any atom is 0.101 e. The molecule has 0 amide bonds. The molecule has 1 aromatic carbocycles. The van der Waals surface area contributed by atoms with E-state index in [1.165, 1.54) is 27.8 Å². The first-order valence-electron chi connectivity index (χ1n) is 6.89. The van der Waals surface area contributed by atoms with Gasteiger partial charge in [0.25, 0.3) is 0 Å². The Hall–Kier alpha value is -1.54. The molecule has 102 valence electrons. The zero-order chi connectivity index (χ0) is 14.0. The standard InChI is InChI=1S/C17H23NO/c1-6-18-17(15-9-14(5)19-10-15)16-12(3)7-11(2)8-13(16)4/h7-10,17-18H,6H2,1-5H3. The minimum absolute atomic E-state index is 0.211. The fourth-order valence-corrected chi connectivity index (χ4v) is 2.85. The van der Waals surface area contributed by atoms with Crippen LogP contribution in [-0.2, 0) is 0 Å². The molecule has 0 aliphatic heterocycles. The number of nitrogens with one attached hydrogen (secondary N) is 1. The Kier molecular flexibility index (Phi) is 4.11. The summed E-state index contributed by atoms with van der Waals surface area (Å²) in [7, 11) is 0. The molecule has 0 fully saturated rings. The number of rotatable bonds is 4. The quantitative estimate of drug-likeness (QED) is 0.887. The van der Waals surface area contributed by atoms with E-state index in [0.717, 1.165) is 12.3 Å². The molecule has 0 aliphatic rings. The van der Waals surface area contributed by atoms with E-state index < -0.39 is 0 Å². The Morgan fingerprint density at radius 1 is 1.05 bits per heavy atom. The van der Waals surface area contributed by atoms with Crippen molar-refractivity contribution in [1.29, 1.82) is 0 Å². The largest absolute Gasteiger partial charge is 0.469 e. The summed E-state index contributed by atoms with van der Waals surface area (Å²) in [6, 6.07) is 6.83. The highest BCUT2D eigenvalue weighted by atomic mass is 16.3. The maximum atomic E-state index is 5.48. The van der Waals surface area contributed by atoms with Gasteiger partial charge in [-0.05, 0) is 57.0 Å². The summed E-state index contributed by atoms with van der Waals surface area (Å²) in [5.74, 6) is 0.959. The van der Waals surface area contributed by atoms with Gasteiger partial charge in [0, 0.05) is 5.56 Å². The Balaban J connectivity index is 2.51. The summed E-state index contributed by atoms with van der Waals surface area (Å²) in [4.78, 5) is 0. The lowest BCUT2D eigenvalue weighted by Gasteiger charge is -2.22. The molecule has 19 heavy (non-hydrogen) atoms. The topological polar surface area (TPSA) is 25.2 Å². The molecule has 2 heteroatoms. The average Bonchev–Trinajstić information content (AvgIpc) is 2.73. The highest BCUT2D eigenvalue weighted by Crippen LogP contribution is 2.29. The van der Waals surface area contributed by atoms with Gasteiger partial charge in [0.1, 0.15) is 5.76 Å². The molecule has 1 N–H and O–H groups in total. The van der Waals surface area contributed by atoms with Gasteiger partial charge in [-0.15, -0.1) is 0 Å². The SMILES string of the molecule is CCNC(c1coc(C)c1)c1c(C)cc(C)cc1C.